The molecule has 1 unspecified atom stereocenters. The first kappa shape index (κ1) is 6.88. The number of hydrogen-bond acceptors (Lipinski definition) is 3. The highest BCUT2D eigenvalue weighted by Gasteiger charge is 1.99. The number of hydrogen-bond donors (Lipinski definition) is 2. The summed E-state index contributed by atoms with van der Waals surface area (Å²) in [6.45, 7) is 0.299. The standard InChI is InChI=1S/C4H12N2O/c1-6(2)4(7)3-5/h4,7H,3,5H2,1-2H3. The Bertz CT molecular complexity index is 47.0. The van der Waals surface area contributed by atoms with E-state index >= 15 is 0 Å². The summed E-state index contributed by atoms with van der Waals surface area (Å²) in [5.74, 6) is 0. The fourth-order valence-corrected chi connectivity index (χ4v) is 0.211. The van der Waals surface area contributed by atoms with Crippen molar-refractivity contribution in [3.63, 3.8) is 0 Å². The van der Waals surface area contributed by atoms with Gasteiger partial charge in [-0.25, -0.2) is 0 Å². The minimum Gasteiger partial charge on any atom is -0.377 e. The zero-order chi connectivity index (χ0) is 5.86. The lowest BCUT2D eigenvalue weighted by Crippen LogP contribution is -2.34. The second kappa shape index (κ2) is 2.96. The quantitative estimate of drug-likeness (QED) is 0.434. The van der Waals surface area contributed by atoms with E-state index in [1.165, 1.54) is 0 Å². The molecular weight excluding hydrogens is 92.1 g/mol. The molecule has 0 aromatic heterocycles. The largest absolute Gasteiger partial charge is 0.377 e. The van der Waals surface area contributed by atoms with Gasteiger partial charge in [0.2, 0.25) is 0 Å². The summed E-state index contributed by atoms with van der Waals surface area (Å²) in [4.78, 5) is 1.65. The van der Waals surface area contributed by atoms with Gasteiger partial charge in [-0.2, -0.15) is 0 Å². The van der Waals surface area contributed by atoms with Crippen molar-refractivity contribution in [2.45, 2.75) is 6.23 Å². The molecule has 3 nitrogen and oxygen atoms in total. The smallest absolute Gasteiger partial charge is 0.119 e. The van der Waals surface area contributed by atoms with Gasteiger partial charge in [0, 0.05) is 6.54 Å². The predicted octanol–water partition coefficient (Wildman–Crippen LogP) is -1.17. The second-order valence-corrected chi connectivity index (χ2v) is 1.68. The molecule has 0 aromatic rings. The van der Waals surface area contributed by atoms with Gasteiger partial charge in [-0.15, -0.1) is 0 Å². The Kier molecular flexibility index (Phi) is 2.91. The van der Waals surface area contributed by atoms with E-state index in [-0.39, 0.29) is 0 Å². The van der Waals surface area contributed by atoms with Crippen LogP contribution in [0.1, 0.15) is 0 Å². The fourth-order valence-electron chi connectivity index (χ4n) is 0.211. The molecule has 0 aliphatic rings. The minimum absolute atomic E-state index is 0.299. The molecule has 0 amide bonds. The molecule has 3 N–H and O–H groups in total. The van der Waals surface area contributed by atoms with E-state index in [0.29, 0.717) is 6.54 Å². The van der Waals surface area contributed by atoms with Crippen molar-refractivity contribution in [2.24, 2.45) is 5.73 Å². The van der Waals surface area contributed by atoms with Crippen LogP contribution in [-0.4, -0.2) is 36.9 Å². The summed E-state index contributed by atoms with van der Waals surface area (Å²) in [5, 5.41) is 8.74. The Balaban J connectivity index is 3.14. The predicted molar refractivity (Wildman–Crippen MR) is 28.7 cm³/mol. The molecule has 1 atom stereocenters. The van der Waals surface area contributed by atoms with Gasteiger partial charge in [-0.05, 0) is 14.1 Å². The molecule has 0 aromatic carbocycles. The third-order valence-corrected chi connectivity index (χ3v) is 0.807. The van der Waals surface area contributed by atoms with Crippen LogP contribution >= 0.6 is 0 Å². The van der Waals surface area contributed by atoms with Crippen LogP contribution in [0, 0.1) is 0 Å². The van der Waals surface area contributed by atoms with Gasteiger partial charge >= 0.3 is 0 Å². The van der Waals surface area contributed by atoms with Gasteiger partial charge in [0.1, 0.15) is 6.23 Å². The Hall–Kier alpha value is -0.120. The molecule has 0 radical (unpaired) electrons. The van der Waals surface area contributed by atoms with Crippen molar-refractivity contribution in [3.8, 4) is 0 Å². The van der Waals surface area contributed by atoms with Gasteiger partial charge < -0.3 is 10.8 Å². The Morgan fingerprint density at radius 2 is 2.14 bits per heavy atom. The first-order chi connectivity index (χ1) is 3.18. The molecule has 3 heteroatoms. The highest BCUT2D eigenvalue weighted by Crippen LogP contribution is 1.79. The number of aliphatic hydroxyl groups excluding tert-OH is 1. The number of rotatable bonds is 2. The SMILES string of the molecule is CN(C)C(O)CN. The fraction of sp³-hybridized carbons (Fsp3) is 1.00. The van der Waals surface area contributed by atoms with Crippen LogP contribution in [0.5, 0.6) is 0 Å². The molecule has 0 spiro atoms. The van der Waals surface area contributed by atoms with Crippen molar-refractivity contribution >= 4 is 0 Å². The molecular formula is C4H12N2O. The lowest BCUT2D eigenvalue weighted by molar-refractivity contribution is 0.0487. The molecule has 0 rings (SSSR count). The van der Waals surface area contributed by atoms with Crippen molar-refractivity contribution < 1.29 is 5.11 Å². The average molecular weight is 104 g/mol. The molecule has 0 aliphatic carbocycles. The lowest BCUT2D eigenvalue weighted by Gasteiger charge is -2.14. The van der Waals surface area contributed by atoms with E-state index in [0.717, 1.165) is 0 Å². The molecule has 44 valence electrons. The van der Waals surface area contributed by atoms with Crippen LogP contribution in [0.4, 0.5) is 0 Å². The van der Waals surface area contributed by atoms with Crippen LogP contribution in [0.2, 0.25) is 0 Å². The van der Waals surface area contributed by atoms with Crippen LogP contribution in [0.3, 0.4) is 0 Å². The zero-order valence-corrected chi connectivity index (χ0v) is 4.76. The number of aliphatic hydroxyl groups is 1. The van der Waals surface area contributed by atoms with Crippen molar-refractivity contribution in [1.82, 2.24) is 4.90 Å². The molecule has 7 heavy (non-hydrogen) atoms. The van der Waals surface area contributed by atoms with Crippen molar-refractivity contribution in [1.29, 1.82) is 0 Å². The Morgan fingerprint density at radius 3 is 2.14 bits per heavy atom. The topological polar surface area (TPSA) is 49.5 Å². The Morgan fingerprint density at radius 1 is 1.71 bits per heavy atom. The van der Waals surface area contributed by atoms with E-state index in [1.807, 2.05) is 0 Å². The minimum atomic E-state index is -0.486. The monoisotopic (exact) mass is 104 g/mol. The van der Waals surface area contributed by atoms with Gasteiger partial charge in [0.15, 0.2) is 0 Å². The summed E-state index contributed by atoms with van der Waals surface area (Å²) >= 11 is 0. The van der Waals surface area contributed by atoms with E-state index in [9.17, 15) is 0 Å². The van der Waals surface area contributed by atoms with Gasteiger partial charge in [0.25, 0.3) is 0 Å². The van der Waals surface area contributed by atoms with E-state index in [2.05, 4.69) is 0 Å². The van der Waals surface area contributed by atoms with Crippen LogP contribution in [0.15, 0.2) is 0 Å². The zero-order valence-electron chi connectivity index (χ0n) is 4.76. The van der Waals surface area contributed by atoms with Gasteiger partial charge in [-0.1, -0.05) is 0 Å². The molecule has 0 fully saturated rings. The van der Waals surface area contributed by atoms with Crippen molar-refractivity contribution in [2.75, 3.05) is 20.6 Å². The summed E-state index contributed by atoms with van der Waals surface area (Å²) in [5.41, 5.74) is 5.08. The number of likely N-dealkylation sites (N-methyl/N-ethyl adjacent to an activating group) is 1. The Labute approximate surface area is 43.7 Å². The normalized spacial score (nSPS) is 15.0. The summed E-state index contributed by atoms with van der Waals surface area (Å²) in [6, 6.07) is 0. The summed E-state index contributed by atoms with van der Waals surface area (Å²) < 4.78 is 0. The van der Waals surface area contributed by atoms with Crippen LogP contribution < -0.4 is 5.73 Å². The average Bonchev–Trinajstić information content (AvgIpc) is 1.65. The summed E-state index contributed by atoms with van der Waals surface area (Å²) in [7, 11) is 3.55. The second-order valence-electron chi connectivity index (χ2n) is 1.68. The maximum Gasteiger partial charge on any atom is 0.119 e. The third kappa shape index (κ3) is 2.56. The van der Waals surface area contributed by atoms with Crippen LogP contribution in [0.25, 0.3) is 0 Å². The van der Waals surface area contributed by atoms with Gasteiger partial charge in [-0.3, -0.25) is 4.90 Å². The third-order valence-electron chi connectivity index (χ3n) is 0.807. The molecule has 0 bridgehead atoms. The highest BCUT2D eigenvalue weighted by molar-refractivity contribution is 4.48. The number of nitrogens with two attached hydrogens (primary N) is 1. The van der Waals surface area contributed by atoms with E-state index in [4.69, 9.17) is 10.8 Å². The lowest BCUT2D eigenvalue weighted by atomic mass is 10.5. The van der Waals surface area contributed by atoms with Gasteiger partial charge in [0.05, 0.1) is 0 Å². The highest BCUT2D eigenvalue weighted by atomic mass is 16.3. The van der Waals surface area contributed by atoms with Crippen LogP contribution in [-0.2, 0) is 0 Å². The van der Waals surface area contributed by atoms with Crippen molar-refractivity contribution in [3.05, 3.63) is 0 Å². The molecule has 0 aliphatic heterocycles. The summed E-state index contributed by atoms with van der Waals surface area (Å²) in [6.07, 6.45) is -0.486. The maximum absolute atomic E-state index is 8.74. The first-order valence-electron chi connectivity index (χ1n) is 2.23. The maximum atomic E-state index is 8.74. The molecule has 0 heterocycles. The van der Waals surface area contributed by atoms with E-state index < -0.39 is 6.23 Å². The first-order valence-corrected chi connectivity index (χ1v) is 2.23. The van der Waals surface area contributed by atoms with E-state index in [1.54, 1.807) is 19.0 Å². The molecule has 0 saturated carbocycles. The number of nitrogens with zero attached hydrogens (tertiary/aromatic N) is 1. The molecule has 0 saturated heterocycles.